The van der Waals surface area contributed by atoms with Crippen molar-refractivity contribution in [1.29, 1.82) is 0 Å². The smallest absolute Gasteiger partial charge is 0.107 e. The molecule has 0 bridgehead atoms. The Bertz CT molecular complexity index is 388. The SMILES string of the molecule is OCCC/C=C/CC[C@@H]1O[C@@H]1COCc1ccccc1. The highest BCUT2D eigenvalue weighted by Crippen LogP contribution is 2.27. The van der Waals surface area contributed by atoms with Gasteiger partial charge in [-0.2, -0.15) is 0 Å². The summed E-state index contributed by atoms with van der Waals surface area (Å²) in [5.74, 6) is 0. The predicted molar refractivity (Wildman–Crippen MR) is 79.5 cm³/mol. The Hall–Kier alpha value is -1.16. The number of rotatable bonds is 10. The fourth-order valence-electron chi connectivity index (χ4n) is 2.15. The maximum Gasteiger partial charge on any atom is 0.107 e. The van der Waals surface area contributed by atoms with Gasteiger partial charge >= 0.3 is 0 Å². The molecule has 1 aliphatic heterocycles. The van der Waals surface area contributed by atoms with Crippen LogP contribution in [0, 0.1) is 0 Å². The molecule has 0 saturated carbocycles. The second-order valence-corrected chi connectivity index (χ2v) is 5.13. The van der Waals surface area contributed by atoms with Crippen molar-refractivity contribution in [3.05, 3.63) is 48.0 Å². The van der Waals surface area contributed by atoms with Crippen molar-refractivity contribution in [3.8, 4) is 0 Å². The van der Waals surface area contributed by atoms with E-state index in [0.29, 0.717) is 19.3 Å². The molecule has 20 heavy (non-hydrogen) atoms. The van der Waals surface area contributed by atoms with Crippen LogP contribution in [0.5, 0.6) is 0 Å². The average molecular weight is 276 g/mol. The predicted octanol–water partition coefficient (Wildman–Crippen LogP) is 3.08. The van der Waals surface area contributed by atoms with E-state index in [4.69, 9.17) is 14.6 Å². The van der Waals surface area contributed by atoms with Gasteiger partial charge in [-0.15, -0.1) is 0 Å². The fourth-order valence-corrected chi connectivity index (χ4v) is 2.15. The van der Waals surface area contributed by atoms with Crippen LogP contribution in [0.2, 0.25) is 0 Å². The molecule has 0 spiro atoms. The van der Waals surface area contributed by atoms with Crippen LogP contribution < -0.4 is 0 Å². The van der Waals surface area contributed by atoms with Crippen molar-refractivity contribution in [2.45, 2.75) is 44.5 Å². The lowest BCUT2D eigenvalue weighted by atomic mass is 10.2. The number of unbranched alkanes of at least 4 members (excludes halogenated alkanes) is 1. The van der Waals surface area contributed by atoms with Gasteiger partial charge < -0.3 is 14.6 Å². The molecule has 1 aliphatic rings. The average Bonchev–Trinajstić information content (AvgIpc) is 3.22. The van der Waals surface area contributed by atoms with E-state index in [1.165, 1.54) is 5.56 Å². The Kier molecular flexibility index (Phi) is 6.78. The van der Waals surface area contributed by atoms with Gasteiger partial charge in [0.2, 0.25) is 0 Å². The summed E-state index contributed by atoms with van der Waals surface area (Å²) in [4.78, 5) is 0. The summed E-state index contributed by atoms with van der Waals surface area (Å²) in [6, 6.07) is 10.2. The maximum absolute atomic E-state index is 8.65. The molecule has 0 aliphatic carbocycles. The Balaban J connectivity index is 1.48. The number of ether oxygens (including phenoxy) is 2. The number of hydrogen-bond donors (Lipinski definition) is 1. The topological polar surface area (TPSA) is 42.0 Å². The zero-order valence-corrected chi connectivity index (χ0v) is 11.9. The molecule has 1 fully saturated rings. The molecule has 0 radical (unpaired) electrons. The standard InChI is InChI=1S/C17H24O3/c18-12-8-3-1-2-7-11-16-17(20-16)14-19-13-15-9-5-4-6-10-15/h1-2,4-6,9-10,16-18H,3,7-8,11-14H2/b2-1+/t16-,17+/m0/s1. The maximum atomic E-state index is 8.65. The van der Waals surface area contributed by atoms with E-state index < -0.39 is 0 Å². The molecule has 0 unspecified atom stereocenters. The van der Waals surface area contributed by atoms with E-state index in [-0.39, 0.29) is 12.7 Å². The first kappa shape index (κ1) is 15.2. The molecule has 1 heterocycles. The third-order valence-corrected chi connectivity index (χ3v) is 3.39. The van der Waals surface area contributed by atoms with Crippen molar-refractivity contribution in [2.24, 2.45) is 0 Å². The van der Waals surface area contributed by atoms with Crippen molar-refractivity contribution in [3.63, 3.8) is 0 Å². The molecule has 3 nitrogen and oxygen atoms in total. The molecule has 0 amide bonds. The molecule has 1 saturated heterocycles. The van der Waals surface area contributed by atoms with Crippen molar-refractivity contribution >= 4 is 0 Å². The number of hydrogen-bond acceptors (Lipinski definition) is 3. The molecule has 2 rings (SSSR count). The normalized spacial score (nSPS) is 21.4. The number of benzene rings is 1. The van der Waals surface area contributed by atoms with Crippen LogP contribution in [-0.4, -0.2) is 30.5 Å². The Morgan fingerprint density at radius 3 is 2.70 bits per heavy atom. The van der Waals surface area contributed by atoms with Gasteiger partial charge in [-0.05, 0) is 31.2 Å². The highest BCUT2D eigenvalue weighted by molar-refractivity contribution is 5.13. The summed E-state index contributed by atoms with van der Waals surface area (Å²) in [5, 5.41) is 8.65. The van der Waals surface area contributed by atoms with Gasteiger partial charge in [0.15, 0.2) is 0 Å². The van der Waals surface area contributed by atoms with Crippen molar-refractivity contribution < 1.29 is 14.6 Å². The van der Waals surface area contributed by atoms with Crippen LogP contribution in [0.4, 0.5) is 0 Å². The third kappa shape index (κ3) is 5.87. The fraction of sp³-hybridized carbons (Fsp3) is 0.529. The summed E-state index contributed by atoms with van der Waals surface area (Å²) >= 11 is 0. The lowest BCUT2D eigenvalue weighted by Crippen LogP contribution is -2.04. The summed E-state index contributed by atoms with van der Waals surface area (Å²) in [6.45, 7) is 1.62. The second-order valence-electron chi connectivity index (χ2n) is 5.13. The first-order valence-electron chi connectivity index (χ1n) is 7.43. The lowest BCUT2D eigenvalue weighted by Gasteiger charge is -2.01. The van der Waals surface area contributed by atoms with E-state index in [1.807, 2.05) is 18.2 Å². The Morgan fingerprint density at radius 2 is 1.90 bits per heavy atom. The lowest BCUT2D eigenvalue weighted by molar-refractivity contribution is 0.104. The molecule has 0 aromatic heterocycles. The monoisotopic (exact) mass is 276 g/mol. The minimum Gasteiger partial charge on any atom is -0.396 e. The van der Waals surface area contributed by atoms with Gasteiger partial charge in [0.25, 0.3) is 0 Å². The quantitative estimate of drug-likeness (QED) is 0.406. The zero-order valence-electron chi connectivity index (χ0n) is 11.9. The van der Waals surface area contributed by atoms with Crippen molar-refractivity contribution in [1.82, 2.24) is 0 Å². The molecule has 2 atom stereocenters. The van der Waals surface area contributed by atoms with Crippen LogP contribution in [0.25, 0.3) is 0 Å². The van der Waals surface area contributed by atoms with E-state index >= 15 is 0 Å². The number of aliphatic hydroxyl groups excluding tert-OH is 1. The number of epoxide rings is 1. The summed E-state index contributed by atoms with van der Waals surface area (Å²) < 4.78 is 11.2. The summed E-state index contributed by atoms with van der Waals surface area (Å²) in [5.41, 5.74) is 1.21. The second kappa shape index (κ2) is 8.90. The summed E-state index contributed by atoms with van der Waals surface area (Å²) in [7, 11) is 0. The molecule has 1 N–H and O–H groups in total. The molecule has 110 valence electrons. The van der Waals surface area contributed by atoms with Gasteiger partial charge in [-0.1, -0.05) is 42.5 Å². The first-order valence-corrected chi connectivity index (χ1v) is 7.43. The highest BCUT2D eigenvalue weighted by Gasteiger charge is 2.37. The largest absolute Gasteiger partial charge is 0.396 e. The zero-order chi connectivity index (χ0) is 14.0. The molecule has 1 aromatic carbocycles. The Labute approximate surface area is 121 Å². The third-order valence-electron chi connectivity index (χ3n) is 3.39. The van der Waals surface area contributed by atoms with Gasteiger partial charge in [0, 0.05) is 6.61 Å². The van der Waals surface area contributed by atoms with E-state index in [9.17, 15) is 0 Å². The van der Waals surface area contributed by atoms with Gasteiger partial charge in [0.05, 0.1) is 19.3 Å². The summed E-state index contributed by atoms with van der Waals surface area (Å²) in [6.07, 6.45) is 8.90. The molecule has 3 heteroatoms. The minimum atomic E-state index is 0.275. The van der Waals surface area contributed by atoms with Gasteiger partial charge in [0.1, 0.15) is 6.10 Å². The minimum absolute atomic E-state index is 0.275. The van der Waals surface area contributed by atoms with E-state index in [1.54, 1.807) is 0 Å². The van der Waals surface area contributed by atoms with Crippen LogP contribution >= 0.6 is 0 Å². The number of aliphatic hydroxyl groups is 1. The van der Waals surface area contributed by atoms with Crippen LogP contribution in [0.3, 0.4) is 0 Å². The van der Waals surface area contributed by atoms with Crippen LogP contribution in [-0.2, 0) is 16.1 Å². The van der Waals surface area contributed by atoms with Crippen LogP contribution in [0.15, 0.2) is 42.5 Å². The van der Waals surface area contributed by atoms with Gasteiger partial charge in [-0.25, -0.2) is 0 Å². The number of allylic oxidation sites excluding steroid dienone is 2. The molecular formula is C17H24O3. The van der Waals surface area contributed by atoms with Crippen LogP contribution in [0.1, 0.15) is 31.2 Å². The highest BCUT2D eigenvalue weighted by atomic mass is 16.6. The first-order chi connectivity index (χ1) is 9.90. The van der Waals surface area contributed by atoms with Crippen molar-refractivity contribution in [2.75, 3.05) is 13.2 Å². The van der Waals surface area contributed by atoms with E-state index in [2.05, 4.69) is 24.3 Å². The van der Waals surface area contributed by atoms with Gasteiger partial charge in [-0.3, -0.25) is 0 Å². The molecular weight excluding hydrogens is 252 g/mol. The van der Waals surface area contributed by atoms with E-state index in [0.717, 1.165) is 25.7 Å². The Morgan fingerprint density at radius 1 is 1.10 bits per heavy atom. The molecule has 1 aromatic rings.